The van der Waals surface area contributed by atoms with Gasteiger partial charge in [-0.15, -0.1) is 0 Å². The van der Waals surface area contributed by atoms with Gasteiger partial charge in [-0.05, 0) is 13.5 Å². The Kier molecular flexibility index (Phi) is 2.29. The van der Waals surface area contributed by atoms with Crippen molar-refractivity contribution in [3.05, 3.63) is 12.2 Å². The third kappa shape index (κ3) is 1.55. The van der Waals surface area contributed by atoms with Crippen molar-refractivity contribution in [3.63, 3.8) is 0 Å². The van der Waals surface area contributed by atoms with Crippen LogP contribution >= 0.6 is 0 Å². The fraction of sp³-hybridized carbons (Fsp3) is 0.750. The molecule has 1 unspecified atom stereocenters. The highest BCUT2D eigenvalue weighted by atomic mass is 15.1. The third-order valence-electron chi connectivity index (χ3n) is 1.90. The summed E-state index contributed by atoms with van der Waals surface area (Å²) in [5.74, 6) is 0. The molecular formula is C8H15N. The van der Waals surface area contributed by atoms with Gasteiger partial charge in [-0.25, -0.2) is 0 Å². The fourth-order valence-electron chi connectivity index (χ4n) is 1.28. The van der Waals surface area contributed by atoms with Gasteiger partial charge in [0, 0.05) is 12.6 Å². The molecular weight excluding hydrogens is 110 g/mol. The summed E-state index contributed by atoms with van der Waals surface area (Å²) in [5, 5.41) is 0. The Morgan fingerprint density at radius 2 is 2.44 bits per heavy atom. The van der Waals surface area contributed by atoms with Gasteiger partial charge in [-0.2, -0.15) is 0 Å². The predicted octanol–water partition coefficient (Wildman–Crippen LogP) is 1.66. The zero-order valence-electron chi connectivity index (χ0n) is 6.30. The van der Waals surface area contributed by atoms with E-state index >= 15 is 0 Å². The van der Waals surface area contributed by atoms with Crippen molar-refractivity contribution in [2.45, 2.75) is 25.8 Å². The van der Waals surface area contributed by atoms with E-state index in [9.17, 15) is 0 Å². The van der Waals surface area contributed by atoms with Gasteiger partial charge in [-0.3, -0.25) is 4.90 Å². The molecule has 52 valence electrons. The molecule has 1 aliphatic heterocycles. The van der Waals surface area contributed by atoms with Gasteiger partial charge in [0.25, 0.3) is 0 Å². The molecule has 0 fully saturated rings. The highest BCUT2D eigenvalue weighted by Crippen LogP contribution is 2.11. The Labute approximate surface area is 57.4 Å². The zero-order chi connectivity index (χ0) is 6.69. The quantitative estimate of drug-likeness (QED) is 0.507. The first kappa shape index (κ1) is 6.81. The minimum absolute atomic E-state index is 0.731. The van der Waals surface area contributed by atoms with Gasteiger partial charge in [0.1, 0.15) is 0 Å². The SMILES string of the molecule is CCCC1C=CCN1C. The van der Waals surface area contributed by atoms with Crippen molar-refractivity contribution in [1.82, 2.24) is 4.90 Å². The summed E-state index contributed by atoms with van der Waals surface area (Å²) in [6, 6.07) is 0.731. The lowest BCUT2D eigenvalue weighted by molar-refractivity contribution is 0.317. The molecule has 1 nitrogen and oxygen atoms in total. The summed E-state index contributed by atoms with van der Waals surface area (Å²) in [7, 11) is 2.18. The number of nitrogens with zero attached hydrogens (tertiary/aromatic N) is 1. The Morgan fingerprint density at radius 1 is 1.67 bits per heavy atom. The van der Waals surface area contributed by atoms with Crippen LogP contribution in [0.4, 0.5) is 0 Å². The maximum Gasteiger partial charge on any atom is 0.0278 e. The first-order valence-corrected chi connectivity index (χ1v) is 3.71. The van der Waals surface area contributed by atoms with Gasteiger partial charge in [-0.1, -0.05) is 25.5 Å². The molecule has 0 bridgehead atoms. The van der Waals surface area contributed by atoms with Crippen LogP contribution in [0.15, 0.2) is 12.2 Å². The smallest absolute Gasteiger partial charge is 0.0278 e. The van der Waals surface area contributed by atoms with E-state index in [1.807, 2.05) is 0 Å². The summed E-state index contributed by atoms with van der Waals surface area (Å²) < 4.78 is 0. The van der Waals surface area contributed by atoms with Crippen LogP contribution < -0.4 is 0 Å². The van der Waals surface area contributed by atoms with Gasteiger partial charge in [0.2, 0.25) is 0 Å². The standard InChI is InChI=1S/C8H15N/c1-3-5-8-6-4-7-9(8)2/h4,6,8H,3,5,7H2,1-2H3. The zero-order valence-corrected chi connectivity index (χ0v) is 6.30. The molecule has 0 aliphatic carbocycles. The molecule has 0 N–H and O–H groups in total. The maximum atomic E-state index is 2.38. The second-order valence-corrected chi connectivity index (χ2v) is 2.72. The third-order valence-corrected chi connectivity index (χ3v) is 1.90. The lowest BCUT2D eigenvalue weighted by Crippen LogP contribution is -2.24. The van der Waals surface area contributed by atoms with Crippen molar-refractivity contribution < 1.29 is 0 Å². The van der Waals surface area contributed by atoms with E-state index in [0.29, 0.717) is 0 Å². The van der Waals surface area contributed by atoms with Crippen LogP contribution in [0, 0.1) is 0 Å². The summed E-state index contributed by atoms with van der Waals surface area (Å²) in [6.45, 7) is 3.38. The Bertz CT molecular complexity index is 107. The summed E-state index contributed by atoms with van der Waals surface area (Å²) in [6.07, 6.45) is 7.16. The molecule has 0 radical (unpaired) electrons. The van der Waals surface area contributed by atoms with Crippen LogP contribution in [0.5, 0.6) is 0 Å². The monoisotopic (exact) mass is 125 g/mol. The highest BCUT2D eigenvalue weighted by Gasteiger charge is 2.12. The number of likely N-dealkylation sites (N-methyl/N-ethyl adjacent to an activating group) is 1. The molecule has 0 saturated heterocycles. The van der Waals surface area contributed by atoms with E-state index in [0.717, 1.165) is 12.6 Å². The number of hydrogen-bond acceptors (Lipinski definition) is 1. The van der Waals surface area contributed by atoms with Gasteiger partial charge < -0.3 is 0 Å². The topological polar surface area (TPSA) is 3.24 Å². The van der Waals surface area contributed by atoms with E-state index in [4.69, 9.17) is 0 Å². The fourth-order valence-corrected chi connectivity index (χ4v) is 1.28. The van der Waals surface area contributed by atoms with E-state index in [1.54, 1.807) is 0 Å². The first-order chi connectivity index (χ1) is 4.34. The van der Waals surface area contributed by atoms with Crippen molar-refractivity contribution >= 4 is 0 Å². The lowest BCUT2D eigenvalue weighted by atomic mass is 10.2. The van der Waals surface area contributed by atoms with E-state index in [2.05, 4.69) is 31.0 Å². The molecule has 0 aromatic rings. The maximum absolute atomic E-state index is 2.38. The van der Waals surface area contributed by atoms with Crippen LogP contribution in [-0.4, -0.2) is 24.5 Å². The van der Waals surface area contributed by atoms with Crippen molar-refractivity contribution in [2.75, 3.05) is 13.6 Å². The van der Waals surface area contributed by atoms with Crippen LogP contribution in [-0.2, 0) is 0 Å². The van der Waals surface area contributed by atoms with Gasteiger partial charge >= 0.3 is 0 Å². The van der Waals surface area contributed by atoms with E-state index < -0.39 is 0 Å². The Balaban J connectivity index is 2.31. The molecule has 0 saturated carbocycles. The summed E-state index contributed by atoms with van der Waals surface area (Å²) >= 11 is 0. The summed E-state index contributed by atoms with van der Waals surface area (Å²) in [5.41, 5.74) is 0. The van der Waals surface area contributed by atoms with Gasteiger partial charge in [0.05, 0.1) is 0 Å². The molecule has 1 rings (SSSR count). The molecule has 1 atom stereocenters. The second-order valence-electron chi connectivity index (χ2n) is 2.72. The van der Waals surface area contributed by atoms with Crippen molar-refractivity contribution in [1.29, 1.82) is 0 Å². The van der Waals surface area contributed by atoms with Crippen LogP contribution in [0.1, 0.15) is 19.8 Å². The second kappa shape index (κ2) is 3.02. The Morgan fingerprint density at radius 3 is 2.89 bits per heavy atom. The number of rotatable bonds is 2. The van der Waals surface area contributed by atoms with Crippen LogP contribution in [0.25, 0.3) is 0 Å². The predicted molar refractivity (Wildman–Crippen MR) is 40.5 cm³/mol. The highest BCUT2D eigenvalue weighted by molar-refractivity contribution is 5.02. The van der Waals surface area contributed by atoms with Gasteiger partial charge in [0.15, 0.2) is 0 Å². The first-order valence-electron chi connectivity index (χ1n) is 3.71. The molecule has 1 heteroatoms. The van der Waals surface area contributed by atoms with Crippen molar-refractivity contribution in [2.24, 2.45) is 0 Å². The largest absolute Gasteiger partial charge is 0.296 e. The molecule has 0 aromatic heterocycles. The van der Waals surface area contributed by atoms with E-state index in [1.165, 1.54) is 12.8 Å². The van der Waals surface area contributed by atoms with Crippen molar-refractivity contribution in [3.8, 4) is 0 Å². The van der Waals surface area contributed by atoms with E-state index in [-0.39, 0.29) is 0 Å². The molecule has 1 heterocycles. The average Bonchev–Trinajstić information content (AvgIpc) is 2.18. The minimum Gasteiger partial charge on any atom is -0.296 e. The van der Waals surface area contributed by atoms with Crippen LogP contribution in [0.2, 0.25) is 0 Å². The number of hydrogen-bond donors (Lipinski definition) is 0. The lowest BCUT2D eigenvalue weighted by Gasteiger charge is -2.17. The van der Waals surface area contributed by atoms with Crippen LogP contribution in [0.3, 0.4) is 0 Å². The minimum atomic E-state index is 0.731. The molecule has 0 spiro atoms. The average molecular weight is 125 g/mol. The Hall–Kier alpha value is -0.300. The molecule has 0 amide bonds. The molecule has 9 heavy (non-hydrogen) atoms. The molecule has 0 aromatic carbocycles. The normalized spacial score (nSPS) is 27.6. The molecule has 1 aliphatic rings. The summed E-state index contributed by atoms with van der Waals surface area (Å²) in [4.78, 5) is 2.38.